The zero-order chi connectivity index (χ0) is 13.7. The second kappa shape index (κ2) is 6.96. The van der Waals surface area contributed by atoms with Crippen molar-refractivity contribution in [2.45, 2.75) is 25.5 Å². The van der Waals surface area contributed by atoms with Crippen LogP contribution in [0.15, 0.2) is 24.3 Å². The predicted molar refractivity (Wildman–Crippen MR) is 72.9 cm³/mol. The van der Waals surface area contributed by atoms with Crippen LogP contribution in [-0.2, 0) is 4.74 Å². The number of nitrogens with two attached hydrogens (primary N) is 1. The minimum Gasteiger partial charge on any atom is -0.374 e. The van der Waals surface area contributed by atoms with Crippen LogP contribution < -0.4 is 11.3 Å². The molecule has 19 heavy (non-hydrogen) atoms. The molecule has 0 aliphatic carbocycles. The van der Waals surface area contributed by atoms with E-state index >= 15 is 0 Å². The molecule has 1 aromatic rings. The zero-order valence-corrected chi connectivity index (χ0v) is 11.3. The smallest absolute Gasteiger partial charge is 0.123 e. The van der Waals surface area contributed by atoms with Crippen molar-refractivity contribution in [3.05, 3.63) is 35.6 Å². The molecule has 5 heteroatoms. The standard InChI is InChI=1S/C14H22FN3O/c1-2-7-18-8-9-19-13(10-18)14(17-16)11-3-5-12(15)6-4-11/h3-6,13-14,17H,2,7-10,16H2,1H3. The van der Waals surface area contributed by atoms with Gasteiger partial charge >= 0.3 is 0 Å². The zero-order valence-electron chi connectivity index (χ0n) is 11.3. The molecule has 0 bridgehead atoms. The molecule has 106 valence electrons. The highest BCUT2D eigenvalue weighted by molar-refractivity contribution is 5.21. The first-order valence-corrected chi connectivity index (χ1v) is 6.80. The molecule has 1 heterocycles. The lowest BCUT2D eigenvalue weighted by Gasteiger charge is -2.36. The maximum absolute atomic E-state index is 13.0. The summed E-state index contributed by atoms with van der Waals surface area (Å²) in [4.78, 5) is 2.38. The number of nitrogens with one attached hydrogen (secondary N) is 1. The Labute approximate surface area is 113 Å². The summed E-state index contributed by atoms with van der Waals surface area (Å²) in [6.07, 6.45) is 1.13. The number of ether oxygens (including phenoxy) is 1. The van der Waals surface area contributed by atoms with E-state index in [0.29, 0.717) is 6.61 Å². The van der Waals surface area contributed by atoms with E-state index in [9.17, 15) is 4.39 Å². The van der Waals surface area contributed by atoms with Crippen molar-refractivity contribution in [1.82, 2.24) is 10.3 Å². The molecule has 2 unspecified atom stereocenters. The summed E-state index contributed by atoms with van der Waals surface area (Å²) in [6, 6.07) is 6.29. The Bertz CT molecular complexity index is 383. The van der Waals surface area contributed by atoms with Crippen LogP contribution in [0.4, 0.5) is 4.39 Å². The van der Waals surface area contributed by atoms with E-state index in [1.165, 1.54) is 12.1 Å². The van der Waals surface area contributed by atoms with Gasteiger partial charge in [0.1, 0.15) is 5.82 Å². The van der Waals surface area contributed by atoms with Crippen LogP contribution in [0.25, 0.3) is 0 Å². The van der Waals surface area contributed by atoms with E-state index in [-0.39, 0.29) is 18.0 Å². The molecule has 2 atom stereocenters. The second-order valence-electron chi connectivity index (χ2n) is 4.91. The van der Waals surface area contributed by atoms with Crippen LogP contribution in [0.2, 0.25) is 0 Å². The first-order chi connectivity index (χ1) is 9.24. The molecular formula is C14H22FN3O. The molecule has 4 nitrogen and oxygen atoms in total. The van der Waals surface area contributed by atoms with Gasteiger partial charge in [0.05, 0.1) is 18.8 Å². The van der Waals surface area contributed by atoms with Crippen LogP contribution >= 0.6 is 0 Å². The SMILES string of the molecule is CCCN1CCOC(C(NN)c2ccc(F)cc2)C1. The van der Waals surface area contributed by atoms with Crippen molar-refractivity contribution >= 4 is 0 Å². The predicted octanol–water partition coefficient (Wildman–Crippen LogP) is 1.44. The largest absolute Gasteiger partial charge is 0.374 e. The minimum atomic E-state index is -0.239. The van der Waals surface area contributed by atoms with Gasteiger partial charge in [-0.05, 0) is 30.7 Å². The van der Waals surface area contributed by atoms with Gasteiger partial charge in [0.25, 0.3) is 0 Å². The lowest BCUT2D eigenvalue weighted by atomic mass is 10.0. The molecule has 1 aliphatic rings. The summed E-state index contributed by atoms with van der Waals surface area (Å²) in [7, 11) is 0. The third kappa shape index (κ3) is 3.73. The number of nitrogens with zero attached hydrogens (tertiary/aromatic N) is 1. The third-order valence-corrected chi connectivity index (χ3v) is 3.50. The van der Waals surface area contributed by atoms with E-state index in [4.69, 9.17) is 10.6 Å². The number of hydrogen-bond donors (Lipinski definition) is 2. The molecule has 1 aromatic carbocycles. The van der Waals surface area contributed by atoms with Crippen molar-refractivity contribution < 1.29 is 9.13 Å². The molecule has 0 saturated carbocycles. The monoisotopic (exact) mass is 267 g/mol. The highest BCUT2D eigenvalue weighted by Crippen LogP contribution is 2.22. The maximum atomic E-state index is 13.0. The summed E-state index contributed by atoms with van der Waals surface area (Å²) >= 11 is 0. The van der Waals surface area contributed by atoms with E-state index < -0.39 is 0 Å². The van der Waals surface area contributed by atoms with Gasteiger partial charge in [0.15, 0.2) is 0 Å². The normalized spacial score (nSPS) is 22.4. The number of halogens is 1. The summed E-state index contributed by atoms with van der Waals surface area (Å²) in [6.45, 7) is 5.76. The van der Waals surface area contributed by atoms with Gasteiger partial charge in [0, 0.05) is 13.1 Å². The Morgan fingerprint density at radius 3 is 2.84 bits per heavy atom. The van der Waals surface area contributed by atoms with Crippen molar-refractivity contribution in [3.8, 4) is 0 Å². The molecule has 2 rings (SSSR count). The fourth-order valence-electron chi connectivity index (χ4n) is 2.54. The Morgan fingerprint density at radius 2 is 2.21 bits per heavy atom. The lowest BCUT2D eigenvalue weighted by molar-refractivity contribution is -0.0471. The van der Waals surface area contributed by atoms with Crippen LogP contribution in [0.1, 0.15) is 24.9 Å². The number of morpholine rings is 1. The van der Waals surface area contributed by atoms with Gasteiger partial charge in [-0.3, -0.25) is 16.2 Å². The fraction of sp³-hybridized carbons (Fsp3) is 0.571. The number of hydrazine groups is 1. The summed E-state index contributed by atoms with van der Waals surface area (Å²) in [5.41, 5.74) is 3.75. The summed E-state index contributed by atoms with van der Waals surface area (Å²) in [5, 5.41) is 0. The maximum Gasteiger partial charge on any atom is 0.123 e. The molecule has 1 fully saturated rings. The van der Waals surface area contributed by atoms with Crippen LogP contribution in [0.3, 0.4) is 0 Å². The summed E-state index contributed by atoms with van der Waals surface area (Å²) in [5.74, 6) is 5.41. The lowest BCUT2D eigenvalue weighted by Crippen LogP contribution is -2.49. The molecule has 1 aliphatic heterocycles. The minimum absolute atomic E-state index is 0.00392. The molecular weight excluding hydrogens is 245 g/mol. The van der Waals surface area contributed by atoms with Gasteiger partial charge in [-0.1, -0.05) is 19.1 Å². The molecule has 1 saturated heterocycles. The molecule has 0 amide bonds. The number of benzene rings is 1. The first-order valence-electron chi connectivity index (χ1n) is 6.80. The van der Waals surface area contributed by atoms with Crippen molar-refractivity contribution in [3.63, 3.8) is 0 Å². The Morgan fingerprint density at radius 1 is 1.47 bits per heavy atom. The quantitative estimate of drug-likeness (QED) is 0.626. The van der Waals surface area contributed by atoms with Crippen LogP contribution in [-0.4, -0.2) is 37.2 Å². The van der Waals surface area contributed by atoms with Gasteiger partial charge < -0.3 is 4.74 Å². The van der Waals surface area contributed by atoms with Gasteiger partial charge in [0.2, 0.25) is 0 Å². The van der Waals surface area contributed by atoms with Gasteiger partial charge in [-0.25, -0.2) is 4.39 Å². The Balaban J connectivity index is 2.06. The first kappa shape index (κ1) is 14.4. The van der Waals surface area contributed by atoms with E-state index in [1.54, 1.807) is 12.1 Å². The van der Waals surface area contributed by atoms with E-state index in [2.05, 4.69) is 17.2 Å². The van der Waals surface area contributed by atoms with Gasteiger partial charge in [-0.2, -0.15) is 0 Å². The Hall–Kier alpha value is -1.01. The van der Waals surface area contributed by atoms with E-state index in [1.807, 2.05) is 0 Å². The molecule has 0 spiro atoms. The van der Waals surface area contributed by atoms with Crippen molar-refractivity contribution in [2.75, 3.05) is 26.2 Å². The fourth-order valence-corrected chi connectivity index (χ4v) is 2.54. The average molecular weight is 267 g/mol. The summed E-state index contributed by atoms with van der Waals surface area (Å²) < 4.78 is 18.8. The molecule has 0 aromatic heterocycles. The van der Waals surface area contributed by atoms with Crippen molar-refractivity contribution in [2.24, 2.45) is 5.84 Å². The van der Waals surface area contributed by atoms with Crippen molar-refractivity contribution in [1.29, 1.82) is 0 Å². The number of hydrogen-bond acceptors (Lipinski definition) is 4. The third-order valence-electron chi connectivity index (χ3n) is 3.50. The highest BCUT2D eigenvalue weighted by Gasteiger charge is 2.28. The van der Waals surface area contributed by atoms with Crippen LogP contribution in [0, 0.1) is 5.82 Å². The average Bonchev–Trinajstić information content (AvgIpc) is 2.43. The second-order valence-corrected chi connectivity index (χ2v) is 4.91. The van der Waals surface area contributed by atoms with E-state index in [0.717, 1.165) is 31.6 Å². The van der Waals surface area contributed by atoms with Gasteiger partial charge in [-0.15, -0.1) is 0 Å². The topological polar surface area (TPSA) is 50.5 Å². The number of rotatable bonds is 5. The van der Waals surface area contributed by atoms with Crippen LogP contribution in [0.5, 0.6) is 0 Å². The Kier molecular flexibility index (Phi) is 5.27. The highest BCUT2D eigenvalue weighted by atomic mass is 19.1. The molecule has 0 radical (unpaired) electrons. The molecule has 3 N–H and O–H groups in total.